The quantitative estimate of drug-likeness (QED) is 0.915. The van der Waals surface area contributed by atoms with Crippen molar-refractivity contribution in [3.8, 4) is 11.5 Å². The molecule has 1 aromatic rings. The summed E-state index contributed by atoms with van der Waals surface area (Å²) in [5.74, 6) is 3.06. The van der Waals surface area contributed by atoms with Gasteiger partial charge in [-0.15, -0.1) is 0 Å². The number of benzene rings is 1. The summed E-state index contributed by atoms with van der Waals surface area (Å²) >= 11 is 0. The summed E-state index contributed by atoms with van der Waals surface area (Å²) in [5, 5.41) is 0. The first kappa shape index (κ1) is 13.7. The zero-order valence-electron chi connectivity index (χ0n) is 12.3. The largest absolute Gasteiger partial charge is 0.486 e. The zero-order chi connectivity index (χ0) is 13.9. The fourth-order valence-electron chi connectivity index (χ4n) is 3.81. The van der Waals surface area contributed by atoms with Gasteiger partial charge in [-0.05, 0) is 24.3 Å². The van der Waals surface area contributed by atoms with Crippen molar-refractivity contribution in [3.05, 3.63) is 23.8 Å². The van der Waals surface area contributed by atoms with Crippen LogP contribution in [0.5, 0.6) is 11.5 Å². The molecule has 3 atom stereocenters. The Morgan fingerprint density at radius 1 is 1.20 bits per heavy atom. The fourth-order valence-corrected chi connectivity index (χ4v) is 3.81. The second-order valence-electron chi connectivity index (χ2n) is 6.01. The van der Waals surface area contributed by atoms with E-state index in [1.807, 2.05) is 12.1 Å². The highest BCUT2D eigenvalue weighted by Crippen LogP contribution is 2.44. The van der Waals surface area contributed by atoms with Gasteiger partial charge in [-0.2, -0.15) is 0 Å². The van der Waals surface area contributed by atoms with Crippen molar-refractivity contribution in [2.24, 2.45) is 17.6 Å². The topological polar surface area (TPSA) is 44.5 Å². The van der Waals surface area contributed by atoms with Gasteiger partial charge >= 0.3 is 0 Å². The van der Waals surface area contributed by atoms with Gasteiger partial charge in [0.1, 0.15) is 13.2 Å². The molecule has 1 heterocycles. The van der Waals surface area contributed by atoms with Crippen LogP contribution in [0, 0.1) is 11.8 Å². The summed E-state index contributed by atoms with van der Waals surface area (Å²) in [6, 6.07) is 6.19. The molecule has 0 amide bonds. The second-order valence-corrected chi connectivity index (χ2v) is 6.01. The third kappa shape index (κ3) is 2.51. The van der Waals surface area contributed by atoms with Crippen LogP contribution in [0.25, 0.3) is 0 Å². The molecule has 110 valence electrons. The summed E-state index contributed by atoms with van der Waals surface area (Å²) in [4.78, 5) is 0. The van der Waals surface area contributed by atoms with Crippen molar-refractivity contribution in [3.63, 3.8) is 0 Å². The number of nitrogens with two attached hydrogens (primary N) is 1. The molecule has 3 unspecified atom stereocenters. The molecular weight excluding hydrogens is 250 g/mol. The minimum absolute atomic E-state index is 0.0666. The summed E-state index contributed by atoms with van der Waals surface area (Å²) < 4.78 is 11.5. The smallest absolute Gasteiger partial charge is 0.166 e. The highest BCUT2D eigenvalue weighted by Gasteiger charge is 2.32. The Kier molecular flexibility index (Phi) is 4.16. The van der Waals surface area contributed by atoms with E-state index in [0.717, 1.165) is 23.0 Å². The molecule has 20 heavy (non-hydrogen) atoms. The van der Waals surface area contributed by atoms with Crippen molar-refractivity contribution < 1.29 is 9.47 Å². The molecular formula is C17H25NO2. The van der Waals surface area contributed by atoms with Crippen LogP contribution in [-0.4, -0.2) is 13.2 Å². The van der Waals surface area contributed by atoms with Crippen molar-refractivity contribution in [1.82, 2.24) is 0 Å². The third-order valence-electron chi connectivity index (χ3n) is 4.91. The maximum Gasteiger partial charge on any atom is 0.166 e. The van der Waals surface area contributed by atoms with Crippen molar-refractivity contribution in [2.45, 2.75) is 45.1 Å². The number of hydrogen-bond donors (Lipinski definition) is 1. The van der Waals surface area contributed by atoms with E-state index in [9.17, 15) is 0 Å². The van der Waals surface area contributed by atoms with Crippen LogP contribution in [-0.2, 0) is 0 Å². The summed E-state index contributed by atoms with van der Waals surface area (Å²) in [6.45, 7) is 3.54. The van der Waals surface area contributed by atoms with Gasteiger partial charge in [-0.3, -0.25) is 0 Å². The highest BCUT2D eigenvalue weighted by atomic mass is 16.6. The molecule has 0 bridgehead atoms. The molecule has 0 radical (unpaired) electrons. The minimum atomic E-state index is 0.0666. The molecule has 3 nitrogen and oxygen atoms in total. The Bertz CT molecular complexity index is 460. The van der Waals surface area contributed by atoms with E-state index in [-0.39, 0.29) is 6.04 Å². The lowest BCUT2D eigenvalue weighted by atomic mass is 9.72. The number of fused-ring (bicyclic) bond motifs is 1. The lowest BCUT2D eigenvalue weighted by Gasteiger charge is -2.36. The fraction of sp³-hybridized carbons (Fsp3) is 0.647. The molecule has 1 aromatic carbocycles. The molecule has 3 rings (SSSR count). The summed E-state index contributed by atoms with van der Waals surface area (Å²) in [7, 11) is 0. The van der Waals surface area contributed by atoms with E-state index in [4.69, 9.17) is 15.2 Å². The second kappa shape index (κ2) is 6.04. The van der Waals surface area contributed by atoms with Gasteiger partial charge in [-0.1, -0.05) is 44.7 Å². The van der Waals surface area contributed by atoms with Crippen LogP contribution in [0.2, 0.25) is 0 Å². The molecule has 3 heteroatoms. The third-order valence-corrected chi connectivity index (χ3v) is 4.91. The molecule has 1 fully saturated rings. The number of ether oxygens (including phenoxy) is 2. The lowest BCUT2D eigenvalue weighted by Crippen LogP contribution is -2.31. The SMILES string of the molecule is CCC1CCCCC1C(N)c1cccc2c1OCCO2. The molecule has 2 aliphatic rings. The van der Waals surface area contributed by atoms with E-state index in [2.05, 4.69) is 13.0 Å². The Morgan fingerprint density at radius 2 is 2.00 bits per heavy atom. The van der Waals surface area contributed by atoms with Gasteiger partial charge in [0.05, 0.1) is 0 Å². The van der Waals surface area contributed by atoms with Gasteiger partial charge in [0, 0.05) is 11.6 Å². The normalized spacial score (nSPS) is 27.1. The summed E-state index contributed by atoms with van der Waals surface area (Å²) in [5.41, 5.74) is 7.76. The summed E-state index contributed by atoms with van der Waals surface area (Å²) in [6.07, 6.45) is 6.45. The maximum absolute atomic E-state index is 6.62. The number of hydrogen-bond acceptors (Lipinski definition) is 3. The van der Waals surface area contributed by atoms with Crippen LogP contribution in [0.4, 0.5) is 0 Å². The van der Waals surface area contributed by atoms with Crippen LogP contribution < -0.4 is 15.2 Å². The van der Waals surface area contributed by atoms with Crippen LogP contribution in [0.15, 0.2) is 18.2 Å². The molecule has 0 spiro atoms. The molecule has 1 aliphatic heterocycles. The zero-order valence-corrected chi connectivity index (χ0v) is 12.3. The van der Waals surface area contributed by atoms with Crippen molar-refractivity contribution >= 4 is 0 Å². The first-order valence-electron chi connectivity index (χ1n) is 7.95. The molecule has 2 N–H and O–H groups in total. The van der Waals surface area contributed by atoms with Gasteiger partial charge in [0.2, 0.25) is 0 Å². The van der Waals surface area contributed by atoms with Crippen LogP contribution >= 0.6 is 0 Å². The first-order chi connectivity index (χ1) is 9.81. The molecule has 1 aliphatic carbocycles. The molecule has 0 saturated heterocycles. The standard InChI is InChI=1S/C17H25NO2/c1-2-12-6-3-4-7-13(12)16(18)14-8-5-9-15-17(14)20-11-10-19-15/h5,8-9,12-13,16H,2-4,6-7,10-11,18H2,1H3. The van der Waals surface area contributed by atoms with Gasteiger partial charge in [0.15, 0.2) is 11.5 Å². The van der Waals surface area contributed by atoms with E-state index < -0.39 is 0 Å². The predicted octanol–water partition coefficient (Wildman–Crippen LogP) is 3.67. The number of para-hydroxylation sites is 1. The average Bonchev–Trinajstić information content (AvgIpc) is 2.53. The van der Waals surface area contributed by atoms with Gasteiger partial charge in [-0.25, -0.2) is 0 Å². The van der Waals surface area contributed by atoms with Gasteiger partial charge in [0.25, 0.3) is 0 Å². The monoisotopic (exact) mass is 275 g/mol. The number of rotatable bonds is 3. The minimum Gasteiger partial charge on any atom is -0.486 e. The highest BCUT2D eigenvalue weighted by molar-refractivity contribution is 5.49. The first-order valence-corrected chi connectivity index (χ1v) is 7.95. The Labute approximate surface area is 121 Å². The lowest BCUT2D eigenvalue weighted by molar-refractivity contribution is 0.161. The Morgan fingerprint density at radius 3 is 2.85 bits per heavy atom. The van der Waals surface area contributed by atoms with Gasteiger partial charge < -0.3 is 15.2 Å². The van der Waals surface area contributed by atoms with Crippen LogP contribution in [0.1, 0.15) is 50.6 Å². The van der Waals surface area contributed by atoms with Crippen LogP contribution in [0.3, 0.4) is 0 Å². The predicted molar refractivity (Wildman–Crippen MR) is 80.1 cm³/mol. The van der Waals surface area contributed by atoms with Crippen molar-refractivity contribution in [1.29, 1.82) is 0 Å². The Balaban J connectivity index is 1.88. The van der Waals surface area contributed by atoms with E-state index in [1.54, 1.807) is 0 Å². The van der Waals surface area contributed by atoms with E-state index in [0.29, 0.717) is 19.1 Å². The van der Waals surface area contributed by atoms with Crippen molar-refractivity contribution in [2.75, 3.05) is 13.2 Å². The Hall–Kier alpha value is -1.22. The molecule has 1 saturated carbocycles. The average molecular weight is 275 g/mol. The van der Waals surface area contributed by atoms with E-state index in [1.165, 1.54) is 32.1 Å². The van der Waals surface area contributed by atoms with E-state index >= 15 is 0 Å². The molecule has 0 aromatic heterocycles. The maximum atomic E-state index is 6.62.